The molecular weight excluding hydrogens is 184 g/mol. The topological polar surface area (TPSA) is 66.8 Å². The summed E-state index contributed by atoms with van der Waals surface area (Å²) in [6.45, 7) is 2.65. The molecule has 0 aliphatic rings. The Kier molecular flexibility index (Phi) is 8.17. The van der Waals surface area contributed by atoms with Gasteiger partial charge < -0.3 is 14.9 Å². The fraction of sp³-hybridized carbons (Fsp3) is 0.700. The number of carbonyl (C=O) groups is 1. The Morgan fingerprint density at radius 1 is 1.50 bits per heavy atom. The first-order chi connectivity index (χ1) is 6.66. The van der Waals surface area contributed by atoms with Crippen LogP contribution in [0.4, 0.5) is 0 Å². The van der Waals surface area contributed by atoms with E-state index in [9.17, 15) is 4.79 Å². The van der Waals surface area contributed by atoms with E-state index in [4.69, 9.17) is 14.9 Å². The zero-order valence-corrected chi connectivity index (χ0v) is 8.48. The first-order valence-electron chi connectivity index (χ1n) is 4.79. The van der Waals surface area contributed by atoms with E-state index in [0.29, 0.717) is 26.1 Å². The summed E-state index contributed by atoms with van der Waals surface area (Å²) in [5, 5.41) is 17.4. The van der Waals surface area contributed by atoms with E-state index < -0.39 is 12.1 Å². The highest BCUT2D eigenvalue weighted by atomic mass is 16.5. The second kappa shape index (κ2) is 8.72. The Morgan fingerprint density at radius 2 is 2.21 bits per heavy atom. The Bertz CT molecular complexity index is 177. The van der Waals surface area contributed by atoms with Crippen LogP contribution in [0.2, 0.25) is 0 Å². The van der Waals surface area contributed by atoms with Crippen molar-refractivity contribution in [3.8, 4) is 0 Å². The molecule has 0 radical (unpaired) electrons. The summed E-state index contributed by atoms with van der Waals surface area (Å²) in [5.41, 5.74) is 0. The highest BCUT2D eigenvalue weighted by Crippen LogP contribution is 1.93. The first kappa shape index (κ1) is 13.1. The number of ether oxygens (including phenoxy) is 1. The molecule has 0 spiro atoms. The predicted octanol–water partition coefficient (Wildman–Crippen LogP) is 1.19. The van der Waals surface area contributed by atoms with E-state index >= 15 is 0 Å². The Hall–Kier alpha value is -0.870. The van der Waals surface area contributed by atoms with Gasteiger partial charge in [-0.15, -0.1) is 0 Å². The Morgan fingerprint density at radius 3 is 2.79 bits per heavy atom. The molecule has 0 aliphatic heterocycles. The van der Waals surface area contributed by atoms with Gasteiger partial charge in [0, 0.05) is 6.42 Å². The maximum atomic E-state index is 10.1. The van der Waals surface area contributed by atoms with Crippen molar-refractivity contribution >= 4 is 5.97 Å². The molecule has 4 heteroatoms. The molecule has 2 N–H and O–H groups in total. The smallest absolute Gasteiger partial charge is 0.303 e. The van der Waals surface area contributed by atoms with Crippen LogP contribution >= 0.6 is 0 Å². The van der Waals surface area contributed by atoms with Gasteiger partial charge in [-0.3, -0.25) is 4.79 Å². The van der Waals surface area contributed by atoms with Crippen LogP contribution in [0.5, 0.6) is 0 Å². The minimum Gasteiger partial charge on any atom is -0.481 e. The van der Waals surface area contributed by atoms with E-state index in [1.807, 2.05) is 6.92 Å². The molecule has 1 unspecified atom stereocenters. The molecule has 0 aromatic heterocycles. The number of carboxylic acids is 1. The fourth-order valence-electron chi connectivity index (χ4n) is 0.783. The van der Waals surface area contributed by atoms with Crippen LogP contribution in [0.1, 0.15) is 26.2 Å². The fourth-order valence-corrected chi connectivity index (χ4v) is 0.783. The maximum Gasteiger partial charge on any atom is 0.303 e. The van der Waals surface area contributed by atoms with Crippen molar-refractivity contribution in [1.82, 2.24) is 0 Å². The lowest BCUT2D eigenvalue weighted by atomic mass is 10.3. The van der Waals surface area contributed by atoms with Gasteiger partial charge in [-0.05, 0) is 12.8 Å². The first-order valence-corrected chi connectivity index (χ1v) is 4.79. The Labute approximate surface area is 84.2 Å². The molecule has 0 amide bonds. The number of rotatable bonds is 8. The van der Waals surface area contributed by atoms with Gasteiger partial charge in [-0.1, -0.05) is 19.1 Å². The van der Waals surface area contributed by atoms with Gasteiger partial charge in [0.1, 0.15) is 0 Å². The number of carboxylic acid groups (broad SMARTS) is 1. The molecule has 4 nitrogen and oxygen atoms in total. The summed E-state index contributed by atoms with van der Waals surface area (Å²) in [4.78, 5) is 10.1. The standard InChI is InChI=1S/C10H18O4/c1-2-9(11)8-14-7-5-3-4-6-10(12)13/h3,5,9,11H,2,4,6-8H2,1H3,(H,12,13)/b5-3+. The van der Waals surface area contributed by atoms with Gasteiger partial charge >= 0.3 is 5.97 Å². The van der Waals surface area contributed by atoms with Crippen molar-refractivity contribution in [3.63, 3.8) is 0 Å². The molecular formula is C10H18O4. The molecule has 1 atom stereocenters. The van der Waals surface area contributed by atoms with Gasteiger partial charge in [-0.2, -0.15) is 0 Å². The molecule has 0 aliphatic carbocycles. The molecule has 0 rings (SSSR count). The molecule has 82 valence electrons. The van der Waals surface area contributed by atoms with Crippen LogP contribution in [0.25, 0.3) is 0 Å². The summed E-state index contributed by atoms with van der Waals surface area (Å²) in [7, 11) is 0. The second-order valence-electron chi connectivity index (χ2n) is 3.00. The van der Waals surface area contributed by atoms with Crippen LogP contribution in [0.15, 0.2) is 12.2 Å². The summed E-state index contributed by atoms with van der Waals surface area (Å²) >= 11 is 0. The number of allylic oxidation sites excluding steroid dienone is 1. The SMILES string of the molecule is CCC(O)COC/C=C/CCC(=O)O. The lowest BCUT2D eigenvalue weighted by Crippen LogP contribution is -2.13. The van der Waals surface area contributed by atoms with Crippen LogP contribution in [0, 0.1) is 0 Å². The zero-order valence-electron chi connectivity index (χ0n) is 8.48. The molecule has 0 bridgehead atoms. The summed E-state index contributed by atoms with van der Waals surface area (Å²) in [6.07, 6.45) is 4.49. The molecule has 14 heavy (non-hydrogen) atoms. The van der Waals surface area contributed by atoms with Crippen LogP contribution in [0.3, 0.4) is 0 Å². The minimum absolute atomic E-state index is 0.147. The average molecular weight is 202 g/mol. The van der Waals surface area contributed by atoms with E-state index in [0.717, 1.165) is 0 Å². The van der Waals surface area contributed by atoms with E-state index in [2.05, 4.69) is 0 Å². The zero-order chi connectivity index (χ0) is 10.8. The highest BCUT2D eigenvalue weighted by Gasteiger charge is 1.98. The predicted molar refractivity (Wildman–Crippen MR) is 53.1 cm³/mol. The number of aliphatic carboxylic acids is 1. The van der Waals surface area contributed by atoms with Gasteiger partial charge in [0.05, 0.1) is 19.3 Å². The van der Waals surface area contributed by atoms with Crippen molar-refractivity contribution in [2.75, 3.05) is 13.2 Å². The van der Waals surface area contributed by atoms with Crippen molar-refractivity contribution in [2.24, 2.45) is 0 Å². The number of hydrogen-bond acceptors (Lipinski definition) is 3. The average Bonchev–Trinajstić information content (AvgIpc) is 2.15. The van der Waals surface area contributed by atoms with Crippen LogP contribution in [-0.2, 0) is 9.53 Å². The molecule has 0 aromatic rings. The molecule has 0 saturated heterocycles. The van der Waals surface area contributed by atoms with E-state index in [1.165, 1.54) is 0 Å². The summed E-state index contributed by atoms with van der Waals surface area (Å²) in [5.74, 6) is -0.794. The lowest BCUT2D eigenvalue weighted by molar-refractivity contribution is -0.136. The summed E-state index contributed by atoms with van der Waals surface area (Å²) in [6, 6.07) is 0. The molecule has 0 aromatic carbocycles. The van der Waals surface area contributed by atoms with E-state index in [1.54, 1.807) is 12.2 Å². The van der Waals surface area contributed by atoms with Crippen molar-refractivity contribution in [1.29, 1.82) is 0 Å². The third-order valence-corrected chi connectivity index (χ3v) is 1.69. The second-order valence-corrected chi connectivity index (χ2v) is 3.00. The van der Waals surface area contributed by atoms with Crippen molar-refractivity contribution in [3.05, 3.63) is 12.2 Å². The van der Waals surface area contributed by atoms with Gasteiger partial charge in [0.25, 0.3) is 0 Å². The lowest BCUT2D eigenvalue weighted by Gasteiger charge is -2.06. The van der Waals surface area contributed by atoms with E-state index in [-0.39, 0.29) is 6.42 Å². The third-order valence-electron chi connectivity index (χ3n) is 1.69. The Balaban J connectivity index is 3.23. The summed E-state index contributed by atoms with van der Waals surface area (Å²) < 4.78 is 5.11. The third kappa shape index (κ3) is 9.22. The number of hydrogen-bond donors (Lipinski definition) is 2. The van der Waals surface area contributed by atoms with Gasteiger partial charge in [0.15, 0.2) is 0 Å². The molecule has 0 saturated carbocycles. The number of aliphatic hydroxyl groups is 1. The molecule has 0 heterocycles. The largest absolute Gasteiger partial charge is 0.481 e. The quantitative estimate of drug-likeness (QED) is 0.458. The highest BCUT2D eigenvalue weighted by molar-refractivity contribution is 5.66. The van der Waals surface area contributed by atoms with Gasteiger partial charge in [-0.25, -0.2) is 0 Å². The minimum atomic E-state index is -0.794. The molecule has 0 fully saturated rings. The van der Waals surface area contributed by atoms with Crippen molar-refractivity contribution in [2.45, 2.75) is 32.3 Å². The maximum absolute atomic E-state index is 10.1. The monoisotopic (exact) mass is 202 g/mol. The van der Waals surface area contributed by atoms with Gasteiger partial charge in [0.2, 0.25) is 0 Å². The number of aliphatic hydroxyl groups excluding tert-OH is 1. The van der Waals surface area contributed by atoms with Crippen LogP contribution < -0.4 is 0 Å². The normalized spacial score (nSPS) is 13.3. The van der Waals surface area contributed by atoms with Crippen LogP contribution in [-0.4, -0.2) is 35.5 Å². The van der Waals surface area contributed by atoms with Crippen molar-refractivity contribution < 1.29 is 19.7 Å².